The van der Waals surface area contributed by atoms with E-state index >= 15 is 0 Å². The first-order chi connectivity index (χ1) is 17.6. The van der Waals surface area contributed by atoms with Gasteiger partial charge in [-0.15, -0.1) is 11.3 Å². The molecule has 202 valence electrons. The van der Waals surface area contributed by atoms with Gasteiger partial charge in [-0.25, -0.2) is 9.78 Å². The van der Waals surface area contributed by atoms with Crippen LogP contribution in [0.25, 0.3) is 0 Å². The number of aromatic nitrogens is 1. The zero-order valence-electron chi connectivity index (χ0n) is 23.3. The monoisotopic (exact) mass is 525 g/mol. The number of nitrogens with one attached hydrogen (secondary N) is 1. The fourth-order valence-corrected chi connectivity index (χ4v) is 4.76. The van der Waals surface area contributed by atoms with Crippen LogP contribution >= 0.6 is 11.3 Å². The molecule has 1 aliphatic rings. The number of thiazole rings is 1. The number of aryl methyl sites for hydroxylation is 1. The molecule has 0 radical (unpaired) electrons. The largest absolute Gasteiger partial charge is 0.454 e. The Hall–Kier alpha value is -2.77. The average molecular weight is 526 g/mol. The predicted molar refractivity (Wildman–Crippen MR) is 154 cm³/mol. The van der Waals surface area contributed by atoms with E-state index in [1.807, 2.05) is 47.0 Å². The number of allylic oxidation sites excluding steroid dienone is 6. The summed E-state index contributed by atoms with van der Waals surface area (Å²) in [7, 11) is 4.09. The van der Waals surface area contributed by atoms with Crippen molar-refractivity contribution in [2.75, 3.05) is 20.6 Å². The van der Waals surface area contributed by atoms with Gasteiger partial charge >= 0.3 is 5.97 Å². The molecule has 1 aromatic rings. The van der Waals surface area contributed by atoms with Crippen molar-refractivity contribution in [1.82, 2.24) is 15.2 Å². The Kier molecular flexibility index (Phi) is 13.3. The van der Waals surface area contributed by atoms with Crippen molar-refractivity contribution in [1.29, 1.82) is 0 Å². The van der Waals surface area contributed by atoms with E-state index < -0.39 is 6.10 Å². The smallest absolute Gasteiger partial charge is 0.331 e. The predicted octanol–water partition coefficient (Wildman–Crippen LogP) is 5.73. The summed E-state index contributed by atoms with van der Waals surface area (Å²) in [6.07, 6.45) is 17.3. The third-order valence-electron chi connectivity index (χ3n) is 5.81. The molecule has 2 bridgehead atoms. The lowest BCUT2D eigenvalue weighted by molar-refractivity contribution is -0.140. The van der Waals surface area contributed by atoms with Gasteiger partial charge in [0.1, 0.15) is 6.10 Å². The minimum Gasteiger partial charge on any atom is -0.454 e. The van der Waals surface area contributed by atoms with Crippen molar-refractivity contribution in [3.63, 3.8) is 0 Å². The number of hydrogen-bond acceptors (Lipinski definition) is 6. The molecule has 0 unspecified atom stereocenters. The van der Waals surface area contributed by atoms with Crippen LogP contribution in [-0.2, 0) is 27.2 Å². The zero-order chi connectivity index (χ0) is 27.2. The molecule has 0 saturated heterocycles. The van der Waals surface area contributed by atoms with Crippen LogP contribution in [0.15, 0.2) is 64.6 Å². The van der Waals surface area contributed by atoms with Crippen molar-refractivity contribution < 1.29 is 14.3 Å². The van der Waals surface area contributed by atoms with Gasteiger partial charge in [-0.1, -0.05) is 47.1 Å². The van der Waals surface area contributed by atoms with Crippen LogP contribution in [0.1, 0.15) is 64.1 Å². The number of likely N-dealkylation sites (N-methyl/N-ethyl adjacent to an activating group) is 1. The minimum atomic E-state index is -0.416. The summed E-state index contributed by atoms with van der Waals surface area (Å²) in [5.41, 5.74) is 4.31. The molecule has 0 fully saturated rings. The molecule has 0 saturated carbocycles. The van der Waals surface area contributed by atoms with Gasteiger partial charge in [-0.2, -0.15) is 0 Å². The second kappa shape index (κ2) is 16.2. The van der Waals surface area contributed by atoms with Crippen LogP contribution in [0, 0.1) is 0 Å². The molecule has 1 amide bonds. The number of fused-ring (bicyclic) bond motifs is 2. The number of ether oxygens (including phenoxy) is 1. The van der Waals surface area contributed by atoms with E-state index in [1.165, 1.54) is 11.6 Å². The molecule has 1 aliphatic heterocycles. The number of cyclic esters (lactones) is 1. The van der Waals surface area contributed by atoms with Gasteiger partial charge in [-0.05, 0) is 73.5 Å². The second-order valence-electron chi connectivity index (χ2n) is 10.1. The fourth-order valence-electron chi connectivity index (χ4n) is 3.89. The van der Waals surface area contributed by atoms with E-state index in [0.29, 0.717) is 12.8 Å². The molecular formula is C30H43N3O3S. The van der Waals surface area contributed by atoms with Crippen LogP contribution in [0.3, 0.4) is 0 Å². The lowest BCUT2D eigenvalue weighted by atomic mass is 10.1. The zero-order valence-corrected chi connectivity index (χ0v) is 24.1. The maximum atomic E-state index is 12.6. The summed E-state index contributed by atoms with van der Waals surface area (Å²) in [6.45, 7) is 8.98. The summed E-state index contributed by atoms with van der Waals surface area (Å²) in [5, 5.41) is 6.06. The first kappa shape index (κ1) is 30.5. The molecule has 1 aromatic heterocycles. The highest BCUT2D eigenvalue weighted by molar-refractivity contribution is 7.09. The maximum Gasteiger partial charge on any atom is 0.331 e. The molecule has 0 spiro atoms. The normalized spacial score (nSPS) is 24.0. The van der Waals surface area contributed by atoms with E-state index in [2.05, 4.69) is 40.7 Å². The van der Waals surface area contributed by atoms with E-state index in [1.54, 1.807) is 17.4 Å². The number of rotatable bonds is 5. The molecule has 0 aromatic carbocycles. The molecule has 7 heteroatoms. The average Bonchev–Trinajstić information content (AvgIpc) is 3.25. The topological polar surface area (TPSA) is 71.5 Å². The van der Waals surface area contributed by atoms with Crippen molar-refractivity contribution in [3.8, 4) is 0 Å². The molecule has 37 heavy (non-hydrogen) atoms. The lowest BCUT2D eigenvalue weighted by Crippen LogP contribution is -2.32. The number of hydrogen-bond donors (Lipinski definition) is 1. The first-order valence-corrected chi connectivity index (χ1v) is 13.9. The van der Waals surface area contributed by atoms with Gasteiger partial charge in [0.25, 0.3) is 0 Å². The standard InChI is InChI=1S/C30H43N3O3S/c1-22(16-17-33(5)6)14-15-24(3)19-27-20-29-32-26(21-37-29)11-7-8-12-28(34)31-25(4)18-23(2)10-9-13-30(35)36-27/h9-10,13-16,19,21,25,27H,7-8,11-12,17-18,20H2,1-6H3,(H,31,34)/b13-9-,15-14+,22-16+,23-10+,24-19+/t25-,27+/m0/s1. The third-order valence-corrected chi connectivity index (χ3v) is 6.73. The highest BCUT2D eigenvalue weighted by atomic mass is 32.1. The number of amides is 1. The van der Waals surface area contributed by atoms with Crippen molar-refractivity contribution >= 4 is 23.2 Å². The van der Waals surface area contributed by atoms with Gasteiger partial charge in [0.2, 0.25) is 5.91 Å². The van der Waals surface area contributed by atoms with Gasteiger partial charge < -0.3 is 15.0 Å². The van der Waals surface area contributed by atoms with Crippen molar-refractivity contribution in [2.24, 2.45) is 0 Å². The quantitative estimate of drug-likeness (QED) is 0.393. The van der Waals surface area contributed by atoms with Gasteiger partial charge in [0.05, 0.1) is 10.7 Å². The van der Waals surface area contributed by atoms with Crippen LogP contribution in [-0.4, -0.2) is 54.5 Å². The lowest BCUT2D eigenvalue weighted by Gasteiger charge is -2.14. The van der Waals surface area contributed by atoms with E-state index in [4.69, 9.17) is 9.72 Å². The molecule has 2 rings (SSSR count). The Morgan fingerprint density at radius 3 is 2.65 bits per heavy atom. The number of esters is 1. The summed E-state index contributed by atoms with van der Waals surface area (Å²) in [6, 6.07) is 0.0409. The summed E-state index contributed by atoms with van der Waals surface area (Å²) >= 11 is 1.59. The maximum absolute atomic E-state index is 12.6. The number of carbonyl (C=O) groups excluding carboxylic acids is 2. The Labute approximate surface area is 226 Å². The molecule has 1 N–H and O–H groups in total. The molecular weight excluding hydrogens is 482 g/mol. The first-order valence-electron chi connectivity index (χ1n) is 13.1. The summed E-state index contributed by atoms with van der Waals surface area (Å²) in [5.74, 6) is -0.307. The molecule has 6 nitrogen and oxygen atoms in total. The van der Waals surface area contributed by atoms with E-state index in [9.17, 15) is 9.59 Å². The number of nitrogens with zero attached hydrogens (tertiary/aromatic N) is 2. The number of carbonyl (C=O) groups is 2. The third kappa shape index (κ3) is 13.4. The fraction of sp³-hybridized carbons (Fsp3) is 0.500. The minimum absolute atomic E-state index is 0.0409. The van der Waals surface area contributed by atoms with Crippen LogP contribution < -0.4 is 5.32 Å². The molecule has 2 atom stereocenters. The summed E-state index contributed by atoms with van der Waals surface area (Å²) < 4.78 is 5.83. The highest BCUT2D eigenvalue weighted by Crippen LogP contribution is 2.18. The Morgan fingerprint density at radius 1 is 1.16 bits per heavy atom. The van der Waals surface area contributed by atoms with Crippen molar-refractivity contribution in [3.05, 3.63) is 75.3 Å². The van der Waals surface area contributed by atoms with Gasteiger partial charge in [0, 0.05) is 36.9 Å². The Bertz CT molecular complexity index is 1050. The second-order valence-corrected chi connectivity index (χ2v) is 11.1. The van der Waals surface area contributed by atoms with E-state index in [-0.39, 0.29) is 17.9 Å². The van der Waals surface area contributed by atoms with Crippen LogP contribution in [0.2, 0.25) is 0 Å². The van der Waals surface area contributed by atoms with Crippen LogP contribution in [0.5, 0.6) is 0 Å². The van der Waals surface area contributed by atoms with Crippen LogP contribution in [0.4, 0.5) is 0 Å². The SMILES string of the molecule is CC(/C=C/C(C)=C/[C@@H]1Cc2nc(cs2)CCCCC(=O)N[C@@H](C)C/C(C)=C/C=C\C(=O)O1)=C\CN(C)C. The summed E-state index contributed by atoms with van der Waals surface area (Å²) in [4.78, 5) is 31.8. The van der Waals surface area contributed by atoms with Gasteiger partial charge in [-0.3, -0.25) is 4.79 Å². The Balaban J connectivity index is 2.21. The van der Waals surface area contributed by atoms with Crippen molar-refractivity contribution in [2.45, 2.75) is 78.4 Å². The molecule has 0 aliphatic carbocycles. The highest BCUT2D eigenvalue weighted by Gasteiger charge is 2.15. The van der Waals surface area contributed by atoms with E-state index in [0.717, 1.165) is 54.1 Å². The molecule has 2 heterocycles. The Morgan fingerprint density at radius 2 is 1.89 bits per heavy atom. The van der Waals surface area contributed by atoms with Gasteiger partial charge in [0.15, 0.2) is 0 Å².